The van der Waals surface area contributed by atoms with Crippen LogP contribution in [0, 0.1) is 6.92 Å². The number of rotatable bonds is 5. The summed E-state index contributed by atoms with van der Waals surface area (Å²) in [6, 6.07) is 9.84. The second-order valence-corrected chi connectivity index (χ2v) is 5.04. The summed E-state index contributed by atoms with van der Waals surface area (Å²) in [7, 11) is 0. The number of nitrogens with one attached hydrogen (secondary N) is 1. The van der Waals surface area contributed by atoms with Crippen molar-refractivity contribution in [1.82, 2.24) is 5.32 Å². The lowest BCUT2D eigenvalue weighted by molar-refractivity contribution is -0.0120. The fourth-order valence-electron chi connectivity index (χ4n) is 2.38. The monoisotopic (exact) mass is 233 g/mol. The van der Waals surface area contributed by atoms with E-state index in [4.69, 9.17) is 4.74 Å². The van der Waals surface area contributed by atoms with Gasteiger partial charge in [0.2, 0.25) is 0 Å². The molecule has 0 spiro atoms. The number of hydrogen-bond donors (Lipinski definition) is 1. The molecule has 0 heterocycles. The highest BCUT2D eigenvalue weighted by atomic mass is 16.5. The summed E-state index contributed by atoms with van der Waals surface area (Å²) in [5, 5.41) is 3.66. The van der Waals surface area contributed by atoms with Crippen LogP contribution in [0.4, 0.5) is 0 Å². The standard InChI is InChI=1S/C15H23NO/c1-4-17-15-9-14(10-15)16-12(3)13-7-5-11(2)6-8-13/h5-8,12,14-16H,4,9-10H2,1-3H3/t12-,14?,15?/m0/s1. The molecule has 2 nitrogen and oxygen atoms in total. The van der Waals surface area contributed by atoms with E-state index in [9.17, 15) is 0 Å². The van der Waals surface area contributed by atoms with Gasteiger partial charge in [0.05, 0.1) is 6.10 Å². The van der Waals surface area contributed by atoms with Crippen molar-refractivity contribution in [3.63, 3.8) is 0 Å². The zero-order chi connectivity index (χ0) is 12.3. The quantitative estimate of drug-likeness (QED) is 0.843. The van der Waals surface area contributed by atoms with Crippen molar-refractivity contribution in [1.29, 1.82) is 0 Å². The SMILES string of the molecule is CCOC1CC(N[C@@H](C)c2ccc(C)cc2)C1. The van der Waals surface area contributed by atoms with E-state index in [-0.39, 0.29) is 0 Å². The van der Waals surface area contributed by atoms with E-state index in [2.05, 4.69) is 50.4 Å². The maximum atomic E-state index is 5.57. The van der Waals surface area contributed by atoms with Gasteiger partial charge in [0.25, 0.3) is 0 Å². The van der Waals surface area contributed by atoms with Gasteiger partial charge in [0.1, 0.15) is 0 Å². The minimum absolute atomic E-state index is 0.433. The molecular weight excluding hydrogens is 210 g/mol. The van der Waals surface area contributed by atoms with Crippen molar-refractivity contribution >= 4 is 0 Å². The van der Waals surface area contributed by atoms with Crippen LogP contribution in [0.1, 0.15) is 43.9 Å². The van der Waals surface area contributed by atoms with Crippen LogP contribution in [-0.4, -0.2) is 18.8 Å². The average Bonchev–Trinajstić information content (AvgIpc) is 2.27. The predicted octanol–water partition coefficient (Wildman–Crippen LogP) is 3.21. The first-order chi connectivity index (χ1) is 8.19. The molecule has 2 rings (SSSR count). The Bertz CT molecular complexity index is 340. The zero-order valence-electron chi connectivity index (χ0n) is 11.1. The largest absolute Gasteiger partial charge is 0.378 e. The van der Waals surface area contributed by atoms with Gasteiger partial charge >= 0.3 is 0 Å². The predicted molar refractivity (Wildman–Crippen MR) is 71.2 cm³/mol. The Kier molecular flexibility index (Phi) is 4.19. The Morgan fingerprint density at radius 3 is 2.53 bits per heavy atom. The van der Waals surface area contributed by atoms with Crippen LogP contribution in [0.3, 0.4) is 0 Å². The molecule has 0 aromatic heterocycles. The van der Waals surface area contributed by atoms with E-state index in [1.807, 2.05) is 0 Å². The van der Waals surface area contributed by atoms with Crippen LogP contribution in [0.15, 0.2) is 24.3 Å². The van der Waals surface area contributed by atoms with Crippen molar-refractivity contribution in [3.05, 3.63) is 35.4 Å². The Morgan fingerprint density at radius 2 is 1.94 bits per heavy atom. The van der Waals surface area contributed by atoms with Gasteiger partial charge in [0.15, 0.2) is 0 Å². The second kappa shape index (κ2) is 5.65. The molecule has 1 aromatic carbocycles. The molecule has 94 valence electrons. The molecule has 1 N–H and O–H groups in total. The molecule has 0 saturated heterocycles. The summed E-state index contributed by atoms with van der Waals surface area (Å²) in [6.07, 6.45) is 2.80. The Balaban J connectivity index is 1.78. The second-order valence-electron chi connectivity index (χ2n) is 5.04. The van der Waals surface area contributed by atoms with Crippen molar-refractivity contribution in [2.75, 3.05) is 6.61 Å². The third-order valence-electron chi connectivity index (χ3n) is 3.56. The molecule has 1 atom stereocenters. The van der Waals surface area contributed by atoms with Gasteiger partial charge in [-0.05, 0) is 39.2 Å². The lowest BCUT2D eigenvalue weighted by Gasteiger charge is -2.37. The van der Waals surface area contributed by atoms with Gasteiger partial charge in [-0.3, -0.25) is 0 Å². The molecule has 0 amide bonds. The number of hydrogen-bond acceptors (Lipinski definition) is 2. The average molecular weight is 233 g/mol. The van der Waals surface area contributed by atoms with E-state index in [0.29, 0.717) is 18.2 Å². The summed E-state index contributed by atoms with van der Waals surface area (Å²) in [6.45, 7) is 7.26. The topological polar surface area (TPSA) is 21.3 Å². The highest BCUT2D eigenvalue weighted by molar-refractivity contribution is 5.23. The minimum Gasteiger partial charge on any atom is -0.378 e. The highest BCUT2D eigenvalue weighted by Crippen LogP contribution is 2.26. The van der Waals surface area contributed by atoms with Crippen molar-refractivity contribution in [2.45, 2.75) is 51.8 Å². The molecule has 17 heavy (non-hydrogen) atoms. The van der Waals surface area contributed by atoms with Gasteiger partial charge in [-0.1, -0.05) is 29.8 Å². The molecule has 0 radical (unpaired) electrons. The van der Waals surface area contributed by atoms with E-state index in [1.165, 1.54) is 11.1 Å². The lowest BCUT2D eigenvalue weighted by Crippen LogP contribution is -2.46. The first-order valence-electron chi connectivity index (χ1n) is 6.63. The summed E-state index contributed by atoms with van der Waals surface area (Å²) >= 11 is 0. The Hall–Kier alpha value is -0.860. The van der Waals surface area contributed by atoms with Gasteiger partial charge in [0, 0.05) is 18.7 Å². The molecule has 0 aliphatic heterocycles. The molecule has 0 unspecified atom stereocenters. The van der Waals surface area contributed by atoms with Crippen LogP contribution in [0.2, 0.25) is 0 Å². The molecule has 0 bridgehead atoms. The van der Waals surface area contributed by atoms with E-state index in [0.717, 1.165) is 19.4 Å². The molecule has 1 saturated carbocycles. The molecule has 1 aromatic rings. The number of benzene rings is 1. The van der Waals surface area contributed by atoms with Crippen molar-refractivity contribution < 1.29 is 4.74 Å². The van der Waals surface area contributed by atoms with E-state index >= 15 is 0 Å². The van der Waals surface area contributed by atoms with Crippen molar-refractivity contribution in [3.8, 4) is 0 Å². The first-order valence-corrected chi connectivity index (χ1v) is 6.63. The molecule has 1 aliphatic rings. The molecule has 2 heteroatoms. The number of ether oxygens (including phenoxy) is 1. The van der Waals surface area contributed by atoms with Gasteiger partial charge < -0.3 is 10.1 Å². The number of aryl methyl sites for hydroxylation is 1. The third kappa shape index (κ3) is 3.30. The highest BCUT2D eigenvalue weighted by Gasteiger charge is 2.30. The van der Waals surface area contributed by atoms with E-state index in [1.54, 1.807) is 0 Å². The van der Waals surface area contributed by atoms with Crippen LogP contribution in [-0.2, 0) is 4.74 Å². The smallest absolute Gasteiger partial charge is 0.0604 e. The fraction of sp³-hybridized carbons (Fsp3) is 0.600. The van der Waals surface area contributed by atoms with Crippen LogP contribution >= 0.6 is 0 Å². The normalized spacial score (nSPS) is 25.4. The minimum atomic E-state index is 0.433. The molecular formula is C15H23NO. The Morgan fingerprint density at radius 1 is 1.29 bits per heavy atom. The van der Waals surface area contributed by atoms with Crippen LogP contribution in [0.25, 0.3) is 0 Å². The Labute approximate surface area is 104 Å². The fourth-order valence-corrected chi connectivity index (χ4v) is 2.38. The lowest BCUT2D eigenvalue weighted by atomic mass is 9.88. The third-order valence-corrected chi connectivity index (χ3v) is 3.56. The van der Waals surface area contributed by atoms with Crippen LogP contribution in [0.5, 0.6) is 0 Å². The summed E-state index contributed by atoms with van der Waals surface area (Å²) in [4.78, 5) is 0. The maximum Gasteiger partial charge on any atom is 0.0604 e. The molecule has 1 aliphatic carbocycles. The molecule has 1 fully saturated rings. The summed E-state index contributed by atoms with van der Waals surface area (Å²) in [5.41, 5.74) is 2.69. The summed E-state index contributed by atoms with van der Waals surface area (Å²) in [5.74, 6) is 0. The van der Waals surface area contributed by atoms with Gasteiger partial charge in [-0.25, -0.2) is 0 Å². The maximum absolute atomic E-state index is 5.57. The zero-order valence-corrected chi connectivity index (χ0v) is 11.1. The van der Waals surface area contributed by atoms with Gasteiger partial charge in [-0.2, -0.15) is 0 Å². The van der Waals surface area contributed by atoms with Gasteiger partial charge in [-0.15, -0.1) is 0 Å². The first kappa shape index (κ1) is 12.6. The van der Waals surface area contributed by atoms with Crippen molar-refractivity contribution in [2.24, 2.45) is 0 Å². The van der Waals surface area contributed by atoms with E-state index < -0.39 is 0 Å². The summed E-state index contributed by atoms with van der Waals surface area (Å²) < 4.78 is 5.57. The van der Waals surface area contributed by atoms with Crippen LogP contribution < -0.4 is 5.32 Å².